The van der Waals surface area contributed by atoms with E-state index >= 15 is 0 Å². The minimum atomic E-state index is -0.847. The Morgan fingerprint density at radius 3 is 2.08 bits per heavy atom. The molecule has 0 bridgehead atoms. The van der Waals surface area contributed by atoms with Crippen LogP contribution in [0.25, 0.3) is 0 Å². The van der Waals surface area contributed by atoms with Gasteiger partial charge >= 0.3 is 6.09 Å². The van der Waals surface area contributed by atoms with E-state index in [-0.39, 0.29) is 17.7 Å². The van der Waals surface area contributed by atoms with Crippen LogP contribution in [0.2, 0.25) is 0 Å². The predicted molar refractivity (Wildman–Crippen MR) is 150 cm³/mol. The number of hydrogen-bond donors (Lipinski definition) is 2. The first-order chi connectivity index (χ1) is 17.0. The minimum absolute atomic E-state index is 0.169. The van der Waals surface area contributed by atoms with Crippen LogP contribution in [0.1, 0.15) is 111 Å². The maximum atomic E-state index is 14.3. The molecule has 210 valence electrons. The molecule has 0 aliphatic heterocycles. The van der Waals surface area contributed by atoms with Crippen LogP contribution in [0.5, 0.6) is 0 Å². The van der Waals surface area contributed by atoms with Gasteiger partial charge in [0.1, 0.15) is 17.7 Å². The monoisotopic (exact) mass is 517 g/mol. The van der Waals surface area contributed by atoms with Gasteiger partial charge in [-0.25, -0.2) is 4.79 Å². The van der Waals surface area contributed by atoms with Gasteiger partial charge in [0.15, 0.2) is 0 Å². The Morgan fingerprint density at radius 2 is 1.59 bits per heavy atom. The fourth-order valence-electron chi connectivity index (χ4n) is 4.15. The average Bonchev–Trinajstić information content (AvgIpc) is 2.77. The van der Waals surface area contributed by atoms with Crippen LogP contribution < -0.4 is 10.6 Å². The summed E-state index contributed by atoms with van der Waals surface area (Å²) in [5.41, 5.74) is 1.51. The number of carbonyl (C=O) groups is 3. The van der Waals surface area contributed by atoms with Crippen molar-refractivity contribution in [3.05, 3.63) is 34.9 Å². The lowest BCUT2D eigenvalue weighted by atomic mass is 9.91. The molecule has 0 aliphatic rings. The molecule has 0 heterocycles. The largest absolute Gasteiger partial charge is 0.444 e. The second-order valence-electron chi connectivity index (χ2n) is 12.1. The zero-order valence-electron chi connectivity index (χ0n) is 25.1. The van der Waals surface area contributed by atoms with Crippen molar-refractivity contribution >= 4 is 17.9 Å². The first-order valence-electron chi connectivity index (χ1n) is 13.7. The molecule has 37 heavy (non-hydrogen) atoms. The summed E-state index contributed by atoms with van der Waals surface area (Å²) in [7, 11) is 0. The lowest BCUT2D eigenvalue weighted by molar-refractivity contribution is -0.149. The number of aryl methyl sites for hydroxylation is 2. The summed E-state index contributed by atoms with van der Waals surface area (Å²) in [6.45, 7) is 21.7. The van der Waals surface area contributed by atoms with Crippen molar-refractivity contribution in [2.24, 2.45) is 5.92 Å². The first-order valence-corrected chi connectivity index (χ1v) is 13.7. The third-order valence-corrected chi connectivity index (χ3v) is 6.54. The van der Waals surface area contributed by atoms with E-state index in [9.17, 15) is 14.4 Å². The zero-order valence-corrected chi connectivity index (χ0v) is 25.1. The fourth-order valence-corrected chi connectivity index (χ4v) is 4.15. The van der Waals surface area contributed by atoms with Crippen LogP contribution in [-0.4, -0.2) is 46.5 Å². The van der Waals surface area contributed by atoms with Gasteiger partial charge in [-0.3, -0.25) is 9.59 Å². The maximum absolute atomic E-state index is 14.3. The smallest absolute Gasteiger partial charge is 0.408 e. The van der Waals surface area contributed by atoms with Gasteiger partial charge < -0.3 is 20.3 Å². The van der Waals surface area contributed by atoms with E-state index in [0.29, 0.717) is 13.0 Å². The van der Waals surface area contributed by atoms with E-state index in [4.69, 9.17) is 4.74 Å². The van der Waals surface area contributed by atoms with Crippen LogP contribution in [-0.2, 0) is 14.3 Å². The Morgan fingerprint density at radius 1 is 0.973 bits per heavy atom. The molecule has 7 heteroatoms. The fraction of sp³-hybridized carbons (Fsp3) is 0.700. The van der Waals surface area contributed by atoms with Crippen molar-refractivity contribution < 1.29 is 19.1 Å². The maximum Gasteiger partial charge on any atom is 0.408 e. The third kappa shape index (κ3) is 10.0. The lowest BCUT2D eigenvalue weighted by Crippen LogP contribution is -2.60. The van der Waals surface area contributed by atoms with Crippen molar-refractivity contribution in [2.45, 2.75) is 125 Å². The number of carbonyl (C=O) groups excluding carboxylic acids is 3. The van der Waals surface area contributed by atoms with Gasteiger partial charge in [0, 0.05) is 12.1 Å². The molecular weight excluding hydrogens is 466 g/mol. The Labute approximate surface area is 225 Å². The van der Waals surface area contributed by atoms with E-state index in [1.165, 1.54) is 0 Å². The van der Waals surface area contributed by atoms with Gasteiger partial charge in [-0.05, 0) is 84.4 Å². The summed E-state index contributed by atoms with van der Waals surface area (Å²) in [6.07, 6.45) is 2.97. The SMILES string of the molecule is CCCCCNC(=O)C(c1ccc(C)c(C)c1)N(C(=O)C(NC(=O)OC(C)(C)C)C(C)CC)C(C)(C)C. The second kappa shape index (κ2) is 13.8. The number of nitrogens with zero attached hydrogens (tertiary/aromatic N) is 1. The molecule has 0 saturated carbocycles. The molecule has 3 unspecified atom stereocenters. The van der Waals surface area contributed by atoms with Crippen LogP contribution in [0, 0.1) is 19.8 Å². The minimum Gasteiger partial charge on any atom is -0.444 e. The molecule has 1 aromatic rings. The molecule has 0 fully saturated rings. The topological polar surface area (TPSA) is 87.7 Å². The number of nitrogens with one attached hydrogen (secondary N) is 2. The molecule has 7 nitrogen and oxygen atoms in total. The van der Waals surface area contributed by atoms with Crippen molar-refractivity contribution in [2.75, 3.05) is 6.54 Å². The van der Waals surface area contributed by atoms with E-state index in [1.54, 1.807) is 25.7 Å². The highest BCUT2D eigenvalue weighted by Crippen LogP contribution is 2.32. The molecular formula is C30H51N3O4. The van der Waals surface area contributed by atoms with Crippen LogP contribution >= 0.6 is 0 Å². The van der Waals surface area contributed by atoms with E-state index < -0.39 is 29.3 Å². The van der Waals surface area contributed by atoms with Crippen molar-refractivity contribution in [1.29, 1.82) is 0 Å². The standard InChI is InChI=1S/C30H51N3O4/c1-12-14-15-18-31-26(34)25(23-17-16-21(4)22(5)19-23)33(29(6,7)8)27(35)24(20(3)13-2)32-28(36)37-30(9,10)11/h16-17,19-20,24-25H,12-15,18H2,1-11H3,(H,31,34)(H,32,36). The zero-order chi connectivity index (χ0) is 28.6. The number of unbranched alkanes of at least 4 members (excludes halogenated alkanes) is 2. The summed E-state index contributed by atoms with van der Waals surface area (Å²) >= 11 is 0. The van der Waals surface area contributed by atoms with E-state index in [2.05, 4.69) is 17.6 Å². The number of rotatable bonds is 11. The number of benzene rings is 1. The highest BCUT2D eigenvalue weighted by Gasteiger charge is 2.43. The molecule has 3 amide bonds. The third-order valence-electron chi connectivity index (χ3n) is 6.54. The van der Waals surface area contributed by atoms with Gasteiger partial charge in [0.25, 0.3) is 0 Å². The number of ether oxygens (including phenoxy) is 1. The van der Waals surface area contributed by atoms with Crippen molar-refractivity contribution in [3.8, 4) is 0 Å². The number of amides is 3. The number of hydrogen-bond acceptors (Lipinski definition) is 4. The summed E-state index contributed by atoms with van der Waals surface area (Å²) in [5.74, 6) is -0.694. The molecule has 0 radical (unpaired) electrons. The lowest BCUT2D eigenvalue weighted by Gasteiger charge is -2.44. The van der Waals surface area contributed by atoms with Crippen LogP contribution in [0.3, 0.4) is 0 Å². The predicted octanol–water partition coefficient (Wildman–Crippen LogP) is 6.22. The van der Waals surface area contributed by atoms with Crippen LogP contribution in [0.15, 0.2) is 18.2 Å². The highest BCUT2D eigenvalue weighted by molar-refractivity contribution is 5.92. The molecule has 1 rings (SSSR count). The Kier molecular flexibility index (Phi) is 12.1. The molecule has 0 aromatic heterocycles. The Hall–Kier alpha value is -2.57. The average molecular weight is 518 g/mol. The van der Waals surface area contributed by atoms with Gasteiger partial charge in [-0.1, -0.05) is 58.2 Å². The summed E-state index contributed by atoms with van der Waals surface area (Å²) in [6, 6.07) is 4.20. The molecule has 0 saturated heterocycles. The second-order valence-corrected chi connectivity index (χ2v) is 12.1. The molecule has 1 aromatic carbocycles. The Bertz CT molecular complexity index is 914. The normalized spacial score (nSPS) is 14.4. The van der Waals surface area contributed by atoms with Crippen molar-refractivity contribution in [1.82, 2.24) is 15.5 Å². The molecule has 0 spiro atoms. The van der Waals surface area contributed by atoms with Crippen molar-refractivity contribution in [3.63, 3.8) is 0 Å². The first kappa shape index (κ1) is 32.5. The van der Waals surface area contributed by atoms with Gasteiger partial charge in [0.2, 0.25) is 11.8 Å². The summed E-state index contributed by atoms with van der Waals surface area (Å²) in [4.78, 5) is 42.4. The molecule has 2 N–H and O–H groups in total. The molecule has 3 atom stereocenters. The summed E-state index contributed by atoms with van der Waals surface area (Å²) < 4.78 is 5.48. The summed E-state index contributed by atoms with van der Waals surface area (Å²) in [5, 5.41) is 5.88. The van der Waals surface area contributed by atoms with Gasteiger partial charge in [-0.15, -0.1) is 0 Å². The van der Waals surface area contributed by atoms with E-state index in [1.807, 2.05) is 66.7 Å². The highest BCUT2D eigenvalue weighted by atomic mass is 16.6. The van der Waals surface area contributed by atoms with E-state index in [0.717, 1.165) is 36.0 Å². The van der Waals surface area contributed by atoms with Gasteiger partial charge in [0.05, 0.1) is 0 Å². The Balaban J connectivity index is 3.57. The van der Waals surface area contributed by atoms with Gasteiger partial charge in [-0.2, -0.15) is 0 Å². The number of alkyl carbamates (subject to hydrolysis) is 1. The van der Waals surface area contributed by atoms with Crippen LogP contribution in [0.4, 0.5) is 4.79 Å². The molecule has 0 aliphatic carbocycles. The quantitative estimate of drug-likeness (QED) is 0.341.